The van der Waals surface area contributed by atoms with Gasteiger partial charge < -0.3 is 10.2 Å². The molecular weight excluding hydrogens is 440 g/mol. The third kappa shape index (κ3) is 5.05. The number of carbonyl (C=O) groups excluding carboxylic acids is 1. The zero-order valence-corrected chi connectivity index (χ0v) is 18.6. The molecule has 0 aliphatic carbocycles. The van der Waals surface area contributed by atoms with Gasteiger partial charge in [0.25, 0.3) is 0 Å². The van der Waals surface area contributed by atoms with Crippen molar-refractivity contribution in [3.8, 4) is 11.1 Å². The molecule has 1 aromatic heterocycles. The molecule has 1 unspecified atom stereocenters. The van der Waals surface area contributed by atoms with E-state index in [2.05, 4.69) is 67.3 Å². The number of halogens is 1. The molecule has 1 amide bonds. The second kappa shape index (κ2) is 9.39. The van der Waals surface area contributed by atoms with Crippen LogP contribution in [0.2, 0.25) is 0 Å². The Morgan fingerprint density at radius 2 is 1.77 bits per heavy atom. The molecule has 0 spiro atoms. The molecule has 30 heavy (non-hydrogen) atoms. The lowest BCUT2D eigenvalue weighted by Crippen LogP contribution is -2.43. The first-order valence-corrected chi connectivity index (χ1v) is 11.0. The van der Waals surface area contributed by atoms with E-state index < -0.39 is 0 Å². The van der Waals surface area contributed by atoms with E-state index >= 15 is 0 Å². The Hall–Kier alpha value is -2.73. The Morgan fingerprint density at radius 1 is 1.07 bits per heavy atom. The Morgan fingerprint density at radius 3 is 2.47 bits per heavy atom. The van der Waals surface area contributed by atoms with Crippen molar-refractivity contribution in [1.29, 1.82) is 0 Å². The van der Waals surface area contributed by atoms with E-state index in [1.165, 1.54) is 5.56 Å². The highest BCUT2D eigenvalue weighted by Crippen LogP contribution is 2.23. The molecule has 0 saturated carbocycles. The first kappa shape index (κ1) is 20.5. The van der Waals surface area contributed by atoms with Crippen LogP contribution < -0.4 is 10.2 Å². The molecule has 1 aliphatic rings. The number of carbonyl (C=O) groups is 1. The molecule has 2 aromatic carbocycles. The lowest BCUT2D eigenvalue weighted by Gasteiger charge is -2.32. The predicted octanol–water partition coefficient (Wildman–Crippen LogP) is 4.75. The highest BCUT2D eigenvalue weighted by molar-refractivity contribution is 9.10. The van der Waals surface area contributed by atoms with Gasteiger partial charge in [-0.25, -0.2) is 9.97 Å². The first-order valence-electron chi connectivity index (χ1n) is 10.2. The van der Waals surface area contributed by atoms with Gasteiger partial charge in [0, 0.05) is 42.1 Å². The number of aryl methyl sites for hydroxylation is 1. The molecule has 0 radical (unpaired) electrons. The fourth-order valence-corrected chi connectivity index (χ4v) is 3.95. The lowest BCUT2D eigenvalue weighted by molar-refractivity contribution is -0.125. The Bertz CT molecular complexity index is 987. The Kier molecular flexibility index (Phi) is 6.43. The van der Waals surface area contributed by atoms with E-state index in [0.29, 0.717) is 19.0 Å². The Labute approximate surface area is 185 Å². The number of nitrogens with one attached hydrogen (secondary N) is 1. The van der Waals surface area contributed by atoms with Crippen molar-refractivity contribution < 1.29 is 4.79 Å². The largest absolute Gasteiger partial charge is 0.352 e. The molecule has 6 heteroatoms. The van der Waals surface area contributed by atoms with E-state index in [1.807, 2.05) is 36.7 Å². The molecule has 1 atom stereocenters. The molecule has 1 saturated heterocycles. The summed E-state index contributed by atoms with van der Waals surface area (Å²) in [7, 11) is 0. The van der Waals surface area contributed by atoms with Gasteiger partial charge in [0.1, 0.15) is 0 Å². The number of rotatable bonds is 5. The maximum Gasteiger partial charge on any atom is 0.225 e. The maximum atomic E-state index is 12.7. The van der Waals surface area contributed by atoms with Gasteiger partial charge in [-0.3, -0.25) is 4.79 Å². The number of anilines is 1. The number of hydrogen-bond acceptors (Lipinski definition) is 4. The summed E-state index contributed by atoms with van der Waals surface area (Å²) in [5.41, 5.74) is 4.43. The molecular formula is C24H25BrN4O. The average molecular weight is 465 g/mol. The summed E-state index contributed by atoms with van der Waals surface area (Å²) >= 11 is 3.43. The zero-order chi connectivity index (χ0) is 20.9. The molecule has 2 heterocycles. The molecule has 154 valence electrons. The third-order valence-electron chi connectivity index (χ3n) is 5.48. The quantitative estimate of drug-likeness (QED) is 0.591. The molecule has 0 bridgehead atoms. The van der Waals surface area contributed by atoms with Gasteiger partial charge in [-0.2, -0.15) is 0 Å². The van der Waals surface area contributed by atoms with Crippen molar-refractivity contribution in [1.82, 2.24) is 15.3 Å². The summed E-state index contributed by atoms with van der Waals surface area (Å²) in [5.74, 6) is 0.740. The van der Waals surface area contributed by atoms with E-state index in [-0.39, 0.29) is 11.8 Å². The van der Waals surface area contributed by atoms with Crippen LogP contribution in [0.3, 0.4) is 0 Å². The summed E-state index contributed by atoms with van der Waals surface area (Å²) < 4.78 is 1.04. The summed E-state index contributed by atoms with van der Waals surface area (Å²) in [6.07, 6.45) is 5.58. The normalized spacial score (nSPS) is 16.3. The van der Waals surface area contributed by atoms with Gasteiger partial charge in [-0.15, -0.1) is 0 Å². The van der Waals surface area contributed by atoms with Crippen molar-refractivity contribution in [2.75, 3.05) is 18.0 Å². The van der Waals surface area contributed by atoms with Crippen LogP contribution in [0.4, 0.5) is 5.95 Å². The van der Waals surface area contributed by atoms with Crippen LogP contribution in [0, 0.1) is 12.8 Å². The number of hydrogen-bond donors (Lipinski definition) is 1. The fourth-order valence-electron chi connectivity index (χ4n) is 3.69. The smallest absolute Gasteiger partial charge is 0.225 e. The summed E-state index contributed by atoms with van der Waals surface area (Å²) in [6, 6.07) is 16.3. The minimum Gasteiger partial charge on any atom is -0.352 e. The zero-order valence-electron chi connectivity index (χ0n) is 17.0. The second-order valence-electron chi connectivity index (χ2n) is 7.77. The van der Waals surface area contributed by atoms with E-state index in [1.54, 1.807) is 0 Å². The van der Waals surface area contributed by atoms with Crippen LogP contribution in [0.1, 0.15) is 24.0 Å². The molecule has 1 aliphatic heterocycles. The van der Waals surface area contributed by atoms with Gasteiger partial charge in [0.15, 0.2) is 0 Å². The fraction of sp³-hybridized carbons (Fsp3) is 0.292. The highest BCUT2D eigenvalue weighted by atomic mass is 79.9. The third-order valence-corrected chi connectivity index (χ3v) is 6.01. The predicted molar refractivity (Wildman–Crippen MR) is 123 cm³/mol. The van der Waals surface area contributed by atoms with Gasteiger partial charge in [-0.1, -0.05) is 57.9 Å². The number of piperidine rings is 1. The number of benzene rings is 2. The van der Waals surface area contributed by atoms with Crippen molar-refractivity contribution in [3.63, 3.8) is 0 Å². The maximum absolute atomic E-state index is 12.7. The number of amides is 1. The monoisotopic (exact) mass is 464 g/mol. The van der Waals surface area contributed by atoms with Gasteiger partial charge in [-0.05, 0) is 43.0 Å². The molecule has 4 rings (SSSR count). The standard InChI is InChI=1S/C24H25BrN4O/c1-17-4-8-19(9-5-17)21-14-27-24(28-15-21)29-12-2-3-20(16-29)23(30)26-13-18-6-10-22(25)11-7-18/h4-11,14-15,20H,2-3,12-13,16H2,1H3,(H,26,30). The Balaban J connectivity index is 1.36. The van der Waals surface area contributed by atoms with Crippen molar-refractivity contribution in [3.05, 3.63) is 76.5 Å². The lowest BCUT2D eigenvalue weighted by atomic mass is 9.97. The van der Waals surface area contributed by atoms with Crippen LogP contribution in [-0.2, 0) is 11.3 Å². The van der Waals surface area contributed by atoms with Crippen LogP contribution in [0.15, 0.2) is 65.4 Å². The van der Waals surface area contributed by atoms with Crippen LogP contribution >= 0.6 is 15.9 Å². The molecule has 3 aromatic rings. The van der Waals surface area contributed by atoms with E-state index in [4.69, 9.17) is 0 Å². The van der Waals surface area contributed by atoms with Crippen LogP contribution in [0.5, 0.6) is 0 Å². The van der Waals surface area contributed by atoms with Crippen molar-refractivity contribution in [2.45, 2.75) is 26.3 Å². The minimum atomic E-state index is -0.0467. The number of nitrogens with zero attached hydrogens (tertiary/aromatic N) is 3. The molecule has 1 N–H and O–H groups in total. The average Bonchev–Trinajstić information content (AvgIpc) is 2.79. The SMILES string of the molecule is Cc1ccc(-c2cnc(N3CCCC(C(=O)NCc4ccc(Br)cc4)C3)nc2)cc1. The second-order valence-corrected chi connectivity index (χ2v) is 8.68. The first-order chi connectivity index (χ1) is 14.6. The van der Waals surface area contributed by atoms with Crippen molar-refractivity contribution >= 4 is 27.8 Å². The van der Waals surface area contributed by atoms with Gasteiger partial charge in [0.05, 0.1) is 5.92 Å². The summed E-state index contributed by atoms with van der Waals surface area (Å²) in [4.78, 5) is 24.0. The van der Waals surface area contributed by atoms with E-state index in [0.717, 1.165) is 40.5 Å². The van der Waals surface area contributed by atoms with Gasteiger partial charge >= 0.3 is 0 Å². The highest BCUT2D eigenvalue weighted by Gasteiger charge is 2.27. The molecule has 5 nitrogen and oxygen atoms in total. The summed E-state index contributed by atoms with van der Waals surface area (Å²) in [5, 5.41) is 3.07. The minimum absolute atomic E-state index is 0.0467. The molecule has 1 fully saturated rings. The van der Waals surface area contributed by atoms with Crippen LogP contribution in [0.25, 0.3) is 11.1 Å². The summed E-state index contributed by atoms with van der Waals surface area (Å²) in [6.45, 7) is 4.14. The van der Waals surface area contributed by atoms with E-state index in [9.17, 15) is 4.79 Å². The van der Waals surface area contributed by atoms with Crippen LogP contribution in [-0.4, -0.2) is 29.0 Å². The topological polar surface area (TPSA) is 58.1 Å². The van der Waals surface area contributed by atoms with Crippen molar-refractivity contribution in [2.24, 2.45) is 5.92 Å². The number of aromatic nitrogens is 2. The van der Waals surface area contributed by atoms with Gasteiger partial charge in [0.2, 0.25) is 11.9 Å².